The Balaban J connectivity index is 3.57. The molecule has 0 saturated heterocycles. The molecule has 2 unspecified atom stereocenters. The van der Waals surface area contributed by atoms with E-state index in [2.05, 4.69) is 11.2 Å². The number of carbonyl (C=O) groups excluding carboxylic acids is 1. The van der Waals surface area contributed by atoms with Gasteiger partial charge in [0.15, 0.2) is 0 Å². The van der Waals surface area contributed by atoms with Crippen molar-refractivity contribution < 1.29 is 4.79 Å². The lowest BCUT2D eigenvalue weighted by atomic mass is 10.1. The van der Waals surface area contributed by atoms with Crippen molar-refractivity contribution in [2.45, 2.75) is 45.2 Å². The third kappa shape index (κ3) is 7.35. The standard InChI is InChI=1S/C10H18N2O/c1-4-5-9(3)12-10(13)7-6-8(2)11/h1,8-9H,5-7,11H2,2-3H3,(H,12,13). The van der Waals surface area contributed by atoms with E-state index in [1.54, 1.807) is 0 Å². The molecule has 0 spiro atoms. The first-order chi connectivity index (χ1) is 6.06. The van der Waals surface area contributed by atoms with Crippen LogP contribution in [0, 0.1) is 12.3 Å². The minimum atomic E-state index is 0.0278. The van der Waals surface area contributed by atoms with Crippen molar-refractivity contribution >= 4 is 5.91 Å². The van der Waals surface area contributed by atoms with Gasteiger partial charge in [-0.2, -0.15) is 0 Å². The maximum absolute atomic E-state index is 11.2. The average molecular weight is 182 g/mol. The summed E-state index contributed by atoms with van der Waals surface area (Å²) in [5.74, 6) is 2.53. The highest BCUT2D eigenvalue weighted by atomic mass is 16.1. The maximum Gasteiger partial charge on any atom is 0.220 e. The number of hydrogen-bond donors (Lipinski definition) is 2. The van der Waals surface area contributed by atoms with E-state index in [1.165, 1.54) is 0 Å². The number of amides is 1. The van der Waals surface area contributed by atoms with Gasteiger partial charge in [-0.05, 0) is 20.3 Å². The molecule has 74 valence electrons. The van der Waals surface area contributed by atoms with Crippen LogP contribution in [-0.4, -0.2) is 18.0 Å². The van der Waals surface area contributed by atoms with E-state index >= 15 is 0 Å². The van der Waals surface area contributed by atoms with Gasteiger partial charge in [-0.1, -0.05) is 0 Å². The van der Waals surface area contributed by atoms with E-state index in [-0.39, 0.29) is 18.0 Å². The monoisotopic (exact) mass is 182 g/mol. The van der Waals surface area contributed by atoms with Gasteiger partial charge >= 0.3 is 0 Å². The first kappa shape index (κ1) is 12.0. The third-order valence-electron chi connectivity index (χ3n) is 1.66. The van der Waals surface area contributed by atoms with Crippen molar-refractivity contribution in [3.63, 3.8) is 0 Å². The molecule has 0 saturated carbocycles. The number of carbonyl (C=O) groups is 1. The van der Waals surface area contributed by atoms with Crippen molar-refractivity contribution in [3.05, 3.63) is 0 Å². The topological polar surface area (TPSA) is 55.1 Å². The van der Waals surface area contributed by atoms with Crippen LogP contribution in [0.1, 0.15) is 33.1 Å². The quantitative estimate of drug-likeness (QED) is 0.613. The van der Waals surface area contributed by atoms with Gasteiger partial charge < -0.3 is 11.1 Å². The van der Waals surface area contributed by atoms with E-state index in [0.29, 0.717) is 19.3 Å². The van der Waals surface area contributed by atoms with Crippen molar-refractivity contribution in [2.24, 2.45) is 5.73 Å². The zero-order valence-corrected chi connectivity index (χ0v) is 8.34. The predicted octanol–water partition coefficient (Wildman–Crippen LogP) is 0.642. The normalized spacial score (nSPS) is 14.3. The molecule has 3 nitrogen and oxygen atoms in total. The fourth-order valence-corrected chi connectivity index (χ4v) is 0.934. The number of nitrogens with two attached hydrogens (primary N) is 1. The van der Waals surface area contributed by atoms with Gasteiger partial charge in [0, 0.05) is 24.9 Å². The second-order valence-corrected chi connectivity index (χ2v) is 3.39. The Bertz CT molecular complexity index is 194. The maximum atomic E-state index is 11.2. The Labute approximate surface area is 80.1 Å². The van der Waals surface area contributed by atoms with Gasteiger partial charge in [-0.25, -0.2) is 0 Å². The van der Waals surface area contributed by atoms with Crippen molar-refractivity contribution in [3.8, 4) is 12.3 Å². The van der Waals surface area contributed by atoms with Crippen LogP contribution in [-0.2, 0) is 4.79 Å². The van der Waals surface area contributed by atoms with Gasteiger partial charge in [0.25, 0.3) is 0 Å². The van der Waals surface area contributed by atoms with Crippen LogP contribution in [0.15, 0.2) is 0 Å². The fourth-order valence-electron chi connectivity index (χ4n) is 0.934. The van der Waals surface area contributed by atoms with Crippen LogP contribution in [0.4, 0.5) is 0 Å². The minimum Gasteiger partial charge on any atom is -0.353 e. The molecule has 1 amide bonds. The first-order valence-corrected chi connectivity index (χ1v) is 4.54. The summed E-state index contributed by atoms with van der Waals surface area (Å²) >= 11 is 0. The number of nitrogens with one attached hydrogen (secondary N) is 1. The fraction of sp³-hybridized carbons (Fsp3) is 0.700. The summed E-state index contributed by atoms with van der Waals surface area (Å²) in [5.41, 5.74) is 5.52. The van der Waals surface area contributed by atoms with E-state index in [4.69, 9.17) is 12.2 Å². The molecule has 2 atom stereocenters. The molecule has 0 radical (unpaired) electrons. The Hall–Kier alpha value is -1.01. The van der Waals surface area contributed by atoms with E-state index in [9.17, 15) is 4.79 Å². The molecular weight excluding hydrogens is 164 g/mol. The van der Waals surface area contributed by atoms with Gasteiger partial charge in [-0.3, -0.25) is 4.79 Å². The molecular formula is C10H18N2O. The first-order valence-electron chi connectivity index (χ1n) is 4.54. The van der Waals surface area contributed by atoms with Gasteiger partial charge in [0.2, 0.25) is 5.91 Å². The molecule has 3 N–H and O–H groups in total. The molecule has 0 aliphatic carbocycles. The van der Waals surface area contributed by atoms with Crippen molar-refractivity contribution in [2.75, 3.05) is 0 Å². The second-order valence-electron chi connectivity index (χ2n) is 3.39. The lowest BCUT2D eigenvalue weighted by molar-refractivity contribution is -0.121. The Kier molecular flexibility index (Phi) is 5.99. The minimum absolute atomic E-state index is 0.0278. The van der Waals surface area contributed by atoms with Crippen LogP contribution in [0.2, 0.25) is 0 Å². The van der Waals surface area contributed by atoms with Crippen LogP contribution >= 0.6 is 0 Å². The molecule has 0 aliphatic rings. The molecule has 0 fully saturated rings. The largest absolute Gasteiger partial charge is 0.353 e. The number of hydrogen-bond acceptors (Lipinski definition) is 2. The lowest BCUT2D eigenvalue weighted by Gasteiger charge is -2.11. The highest BCUT2D eigenvalue weighted by Gasteiger charge is 2.06. The molecule has 0 aromatic heterocycles. The summed E-state index contributed by atoms with van der Waals surface area (Å²) in [7, 11) is 0. The molecule has 0 aromatic carbocycles. The van der Waals surface area contributed by atoms with Crippen LogP contribution in [0.5, 0.6) is 0 Å². The third-order valence-corrected chi connectivity index (χ3v) is 1.66. The van der Waals surface area contributed by atoms with Crippen LogP contribution in [0.3, 0.4) is 0 Å². The molecule has 13 heavy (non-hydrogen) atoms. The van der Waals surface area contributed by atoms with Crippen LogP contribution < -0.4 is 11.1 Å². The summed E-state index contributed by atoms with van der Waals surface area (Å²) in [5, 5.41) is 2.80. The second kappa shape index (κ2) is 6.50. The van der Waals surface area contributed by atoms with Gasteiger partial charge in [0.1, 0.15) is 0 Å². The molecule has 3 heteroatoms. The van der Waals surface area contributed by atoms with E-state index in [0.717, 1.165) is 0 Å². The van der Waals surface area contributed by atoms with Crippen molar-refractivity contribution in [1.29, 1.82) is 0 Å². The average Bonchev–Trinajstić information content (AvgIpc) is 2.01. The Morgan fingerprint density at radius 1 is 1.62 bits per heavy atom. The highest BCUT2D eigenvalue weighted by molar-refractivity contribution is 5.76. The molecule has 0 aliphatic heterocycles. The molecule has 0 aromatic rings. The van der Waals surface area contributed by atoms with Crippen molar-refractivity contribution in [1.82, 2.24) is 5.32 Å². The Morgan fingerprint density at radius 3 is 2.69 bits per heavy atom. The predicted molar refractivity (Wildman–Crippen MR) is 53.9 cm³/mol. The summed E-state index contributed by atoms with van der Waals surface area (Å²) in [4.78, 5) is 11.2. The number of terminal acetylenes is 1. The van der Waals surface area contributed by atoms with Crippen LogP contribution in [0.25, 0.3) is 0 Å². The van der Waals surface area contributed by atoms with Gasteiger partial charge in [-0.15, -0.1) is 12.3 Å². The summed E-state index contributed by atoms with van der Waals surface area (Å²) in [6.07, 6.45) is 6.87. The molecule has 0 heterocycles. The zero-order valence-electron chi connectivity index (χ0n) is 8.34. The van der Waals surface area contributed by atoms with E-state index < -0.39 is 0 Å². The smallest absolute Gasteiger partial charge is 0.220 e. The summed E-state index contributed by atoms with van der Waals surface area (Å²) in [6, 6.07) is 0.138. The molecule has 0 bridgehead atoms. The number of rotatable bonds is 5. The van der Waals surface area contributed by atoms with E-state index in [1.807, 2.05) is 13.8 Å². The SMILES string of the molecule is C#CCC(C)NC(=O)CCC(C)N. The summed E-state index contributed by atoms with van der Waals surface area (Å²) in [6.45, 7) is 3.78. The highest BCUT2D eigenvalue weighted by Crippen LogP contribution is 1.95. The van der Waals surface area contributed by atoms with Gasteiger partial charge in [0.05, 0.1) is 0 Å². The lowest BCUT2D eigenvalue weighted by Crippen LogP contribution is -2.33. The zero-order chi connectivity index (χ0) is 10.3. The molecule has 0 rings (SSSR count). The summed E-state index contributed by atoms with van der Waals surface area (Å²) < 4.78 is 0. The Morgan fingerprint density at radius 2 is 2.23 bits per heavy atom.